The molecule has 74 valence electrons. The summed E-state index contributed by atoms with van der Waals surface area (Å²) in [5.74, 6) is 0. The first kappa shape index (κ1) is 10.5. The van der Waals surface area contributed by atoms with E-state index in [1.807, 2.05) is 27.7 Å². The predicted octanol–water partition coefficient (Wildman–Crippen LogP) is 1.88. The van der Waals surface area contributed by atoms with Gasteiger partial charge in [0, 0.05) is 10.4 Å². The first-order valence-corrected chi connectivity index (χ1v) is 5.06. The van der Waals surface area contributed by atoms with Gasteiger partial charge in [-0.2, -0.15) is 0 Å². The highest BCUT2D eigenvalue weighted by atomic mass is 32.1. The molecule has 1 aromatic heterocycles. The zero-order valence-corrected chi connectivity index (χ0v) is 9.36. The van der Waals surface area contributed by atoms with Crippen molar-refractivity contribution in [3.05, 3.63) is 10.6 Å². The molecular formula is C9H16N2OS. The fourth-order valence-electron chi connectivity index (χ4n) is 0.753. The largest absolute Gasteiger partial charge is 0.468 e. The molecule has 0 aliphatic heterocycles. The van der Waals surface area contributed by atoms with Crippen LogP contribution in [0, 0.1) is 13.8 Å². The second-order valence-corrected chi connectivity index (χ2v) is 5.06. The monoisotopic (exact) mass is 200 g/mol. The van der Waals surface area contributed by atoms with Crippen molar-refractivity contribution in [3.63, 3.8) is 0 Å². The van der Waals surface area contributed by atoms with Gasteiger partial charge < -0.3 is 10.5 Å². The molecule has 0 saturated carbocycles. The van der Waals surface area contributed by atoms with E-state index in [-0.39, 0.29) is 5.54 Å². The molecular weight excluding hydrogens is 184 g/mol. The SMILES string of the molecule is Cc1nc(OCC(C)(C)N)sc1C. The van der Waals surface area contributed by atoms with E-state index < -0.39 is 0 Å². The van der Waals surface area contributed by atoms with Gasteiger partial charge in [0.25, 0.3) is 5.19 Å². The highest BCUT2D eigenvalue weighted by Gasteiger charge is 2.13. The maximum Gasteiger partial charge on any atom is 0.273 e. The topological polar surface area (TPSA) is 48.1 Å². The van der Waals surface area contributed by atoms with Crippen LogP contribution in [-0.4, -0.2) is 17.1 Å². The lowest BCUT2D eigenvalue weighted by atomic mass is 10.1. The van der Waals surface area contributed by atoms with Crippen molar-refractivity contribution in [2.45, 2.75) is 33.2 Å². The van der Waals surface area contributed by atoms with E-state index >= 15 is 0 Å². The van der Waals surface area contributed by atoms with Crippen molar-refractivity contribution in [2.24, 2.45) is 5.73 Å². The number of nitrogens with zero attached hydrogens (tertiary/aromatic N) is 1. The second-order valence-electron chi connectivity index (χ2n) is 3.90. The van der Waals surface area contributed by atoms with Crippen molar-refractivity contribution in [1.29, 1.82) is 0 Å². The van der Waals surface area contributed by atoms with Gasteiger partial charge in [0.05, 0.1) is 5.69 Å². The van der Waals surface area contributed by atoms with Gasteiger partial charge in [0.15, 0.2) is 0 Å². The van der Waals surface area contributed by atoms with Crippen LogP contribution in [0.4, 0.5) is 0 Å². The Morgan fingerprint density at radius 1 is 1.46 bits per heavy atom. The summed E-state index contributed by atoms with van der Waals surface area (Å²) in [7, 11) is 0. The van der Waals surface area contributed by atoms with E-state index in [1.165, 1.54) is 4.88 Å². The third kappa shape index (κ3) is 3.32. The lowest BCUT2D eigenvalue weighted by molar-refractivity contribution is 0.242. The molecule has 0 spiro atoms. The maximum atomic E-state index is 5.78. The van der Waals surface area contributed by atoms with Gasteiger partial charge in [0.2, 0.25) is 0 Å². The lowest BCUT2D eigenvalue weighted by Gasteiger charge is -2.17. The van der Waals surface area contributed by atoms with Crippen molar-refractivity contribution in [2.75, 3.05) is 6.61 Å². The van der Waals surface area contributed by atoms with E-state index in [2.05, 4.69) is 4.98 Å². The van der Waals surface area contributed by atoms with E-state index in [9.17, 15) is 0 Å². The molecule has 4 heteroatoms. The first-order chi connectivity index (χ1) is 5.88. The molecule has 13 heavy (non-hydrogen) atoms. The van der Waals surface area contributed by atoms with Gasteiger partial charge in [-0.3, -0.25) is 0 Å². The van der Waals surface area contributed by atoms with Gasteiger partial charge >= 0.3 is 0 Å². The highest BCUT2D eigenvalue weighted by molar-refractivity contribution is 7.13. The van der Waals surface area contributed by atoms with Crippen LogP contribution in [0.15, 0.2) is 0 Å². The minimum absolute atomic E-state index is 0.298. The number of ether oxygens (including phenoxy) is 1. The molecule has 0 radical (unpaired) electrons. The van der Waals surface area contributed by atoms with Crippen LogP contribution in [-0.2, 0) is 0 Å². The Hall–Kier alpha value is -0.610. The quantitative estimate of drug-likeness (QED) is 0.810. The molecule has 0 unspecified atom stereocenters. The molecule has 0 saturated heterocycles. The molecule has 0 aromatic carbocycles. The fourth-order valence-corrected chi connectivity index (χ4v) is 1.51. The zero-order chi connectivity index (χ0) is 10.1. The second kappa shape index (κ2) is 3.64. The number of thiazole rings is 1. The van der Waals surface area contributed by atoms with Crippen LogP contribution in [0.2, 0.25) is 0 Å². The zero-order valence-electron chi connectivity index (χ0n) is 8.55. The van der Waals surface area contributed by atoms with Crippen molar-refractivity contribution >= 4 is 11.3 Å². The molecule has 0 bridgehead atoms. The van der Waals surface area contributed by atoms with Crippen LogP contribution in [0.1, 0.15) is 24.4 Å². The van der Waals surface area contributed by atoms with Crippen molar-refractivity contribution in [3.8, 4) is 5.19 Å². The minimum atomic E-state index is -0.298. The maximum absolute atomic E-state index is 5.78. The molecule has 0 amide bonds. The molecule has 1 heterocycles. The first-order valence-electron chi connectivity index (χ1n) is 4.24. The number of nitrogens with two attached hydrogens (primary N) is 1. The average Bonchev–Trinajstić information content (AvgIpc) is 2.27. The summed E-state index contributed by atoms with van der Waals surface area (Å²) < 4.78 is 5.45. The van der Waals surface area contributed by atoms with Crippen molar-refractivity contribution < 1.29 is 4.74 Å². The van der Waals surface area contributed by atoms with Gasteiger partial charge in [-0.15, -0.1) is 0 Å². The summed E-state index contributed by atoms with van der Waals surface area (Å²) in [5, 5.41) is 0.716. The molecule has 3 nitrogen and oxygen atoms in total. The predicted molar refractivity (Wildman–Crippen MR) is 55.3 cm³/mol. The highest BCUT2D eigenvalue weighted by Crippen LogP contribution is 2.23. The third-order valence-corrected chi connectivity index (χ3v) is 2.56. The molecule has 0 aliphatic carbocycles. The van der Waals surface area contributed by atoms with E-state index in [0.717, 1.165) is 5.69 Å². The van der Waals surface area contributed by atoms with Crippen LogP contribution < -0.4 is 10.5 Å². The van der Waals surface area contributed by atoms with Crippen LogP contribution in [0.3, 0.4) is 0 Å². The van der Waals surface area contributed by atoms with Crippen LogP contribution in [0.25, 0.3) is 0 Å². The molecule has 1 aromatic rings. The minimum Gasteiger partial charge on any atom is -0.468 e. The number of aromatic nitrogens is 1. The number of aryl methyl sites for hydroxylation is 2. The van der Waals surface area contributed by atoms with Gasteiger partial charge in [-0.1, -0.05) is 11.3 Å². The molecule has 2 N–H and O–H groups in total. The Labute approximate surface area is 82.9 Å². The molecule has 0 atom stereocenters. The molecule has 0 fully saturated rings. The smallest absolute Gasteiger partial charge is 0.273 e. The van der Waals surface area contributed by atoms with Crippen LogP contribution >= 0.6 is 11.3 Å². The Morgan fingerprint density at radius 3 is 2.46 bits per heavy atom. The summed E-state index contributed by atoms with van der Waals surface area (Å²) >= 11 is 1.57. The molecule has 1 rings (SSSR count). The summed E-state index contributed by atoms with van der Waals surface area (Å²) in [4.78, 5) is 5.45. The summed E-state index contributed by atoms with van der Waals surface area (Å²) in [5.41, 5.74) is 6.52. The molecule has 0 aliphatic rings. The van der Waals surface area contributed by atoms with Crippen molar-refractivity contribution in [1.82, 2.24) is 4.98 Å². The lowest BCUT2D eigenvalue weighted by Crippen LogP contribution is -2.38. The van der Waals surface area contributed by atoms with Crippen LogP contribution in [0.5, 0.6) is 5.19 Å². The summed E-state index contributed by atoms with van der Waals surface area (Å²) in [6.07, 6.45) is 0. The average molecular weight is 200 g/mol. The van der Waals surface area contributed by atoms with E-state index in [4.69, 9.17) is 10.5 Å². The third-order valence-electron chi connectivity index (χ3n) is 1.58. The van der Waals surface area contributed by atoms with Gasteiger partial charge in [-0.25, -0.2) is 4.98 Å². The fraction of sp³-hybridized carbons (Fsp3) is 0.667. The summed E-state index contributed by atoms with van der Waals surface area (Å²) in [6.45, 7) is 8.37. The Bertz CT molecular complexity index is 269. The Morgan fingerprint density at radius 2 is 2.08 bits per heavy atom. The van der Waals surface area contributed by atoms with E-state index in [0.29, 0.717) is 11.8 Å². The normalized spacial score (nSPS) is 11.8. The Balaban J connectivity index is 2.56. The standard InChI is InChI=1S/C9H16N2OS/c1-6-7(2)13-8(11-6)12-5-9(3,4)10/h5,10H2,1-4H3. The number of rotatable bonds is 3. The Kier molecular flexibility index (Phi) is 2.93. The van der Waals surface area contributed by atoms with E-state index in [1.54, 1.807) is 11.3 Å². The van der Waals surface area contributed by atoms with Gasteiger partial charge in [-0.05, 0) is 27.7 Å². The summed E-state index contributed by atoms with van der Waals surface area (Å²) in [6, 6.07) is 0. The number of hydrogen-bond donors (Lipinski definition) is 1. The number of hydrogen-bond acceptors (Lipinski definition) is 4. The van der Waals surface area contributed by atoms with Gasteiger partial charge in [0.1, 0.15) is 6.61 Å².